The molecule has 17 heavy (non-hydrogen) atoms. The van der Waals surface area contributed by atoms with Crippen LogP contribution in [-0.2, 0) is 0 Å². The number of benzene rings is 1. The lowest BCUT2D eigenvalue weighted by molar-refractivity contribution is 0.0948. The van der Waals surface area contributed by atoms with Crippen LogP contribution in [0.5, 0.6) is 0 Å². The second-order valence-electron chi connectivity index (χ2n) is 3.43. The van der Waals surface area contributed by atoms with E-state index in [4.69, 9.17) is 5.73 Å². The number of hydrogen-bond acceptors (Lipinski definition) is 2. The van der Waals surface area contributed by atoms with Crippen molar-refractivity contribution in [1.82, 2.24) is 5.32 Å². The summed E-state index contributed by atoms with van der Waals surface area (Å²) < 4.78 is 26.1. The van der Waals surface area contributed by atoms with Gasteiger partial charge in [0.15, 0.2) is 11.6 Å². The van der Waals surface area contributed by atoms with E-state index < -0.39 is 17.5 Å². The van der Waals surface area contributed by atoms with E-state index >= 15 is 0 Å². The second-order valence-corrected chi connectivity index (χ2v) is 3.95. The van der Waals surface area contributed by atoms with E-state index in [9.17, 15) is 13.6 Å². The molecule has 0 fully saturated rings. The van der Waals surface area contributed by atoms with Gasteiger partial charge < -0.3 is 11.1 Å². The van der Waals surface area contributed by atoms with Gasteiger partial charge in [-0.1, -0.05) is 18.3 Å². The molecule has 0 heterocycles. The first-order valence-electron chi connectivity index (χ1n) is 5.03. The molecule has 0 saturated heterocycles. The third-order valence-corrected chi connectivity index (χ3v) is 2.29. The fourth-order valence-corrected chi connectivity index (χ4v) is 1.38. The Bertz CT molecular complexity index is 437. The van der Waals surface area contributed by atoms with E-state index in [0.717, 1.165) is 6.07 Å². The topological polar surface area (TPSA) is 55.1 Å². The molecule has 0 spiro atoms. The summed E-state index contributed by atoms with van der Waals surface area (Å²) in [6, 6.07) is 3.46. The van der Waals surface area contributed by atoms with Crippen molar-refractivity contribution in [3.8, 4) is 0 Å². The predicted molar refractivity (Wildman–Crippen MR) is 64.7 cm³/mol. The highest BCUT2D eigenvalue weighted by atomic mass is 32.1. The van der Waals surface area contributed by atoms with Crippen molar-refractivity contribution in [2.24, 2.45) is 5.73 Å². The molecule has 3 N–H and O–H groups in total. The number of hydrogen-bond donors (Lipinski definition) is 2. The van der Waals surface area contributed by atoms with Gasteiger partial charge in [0, 0.05) is 6.54 Å². The zero-order valence-electron chi connectivity index (χ0n) is 9.00. The highest BCUT2D eigenvalue weighted by Crippen LogP contribution is 2.10. The fraction of sp³-hybridized carbons (Fsp3) is 0.273. The zero-order valence-corrected chi connectivity index (χ0v) is 9.82. The third kappa shape index (κ3) is 4.07. The molecule has 0 unspecified atom stereocenters. The largest absolute Gasteiger partial charge is 0.393 e. The molecule has 0 aromatic heterocycles. The number of rotatable bonds is 5. The van der Waals surface area contributed by atoms with Gasteiger partial charge in [-0.2, -0.15) is 0 Å². The lowest BCUT2D eigenvalue weighted by Gasteiger charge is -2.06. The van der Waals surface area contributed by atoms with E-state index in [1.54, 1.807) is 0 Å². The lowest BCUT2D eigenvalue weighted by atomic mass is 10.2. The molecule has 6 heteroatoms. The Kier molecular flexibility index (Phi) is 4.96. The summed E-state index contributed by atoms with van der Waals surface area (Å²) >= 11 is 4.66. The SMILES string of the molecule is NC(=S)CCCNC(=O)c1cccc(F)c1F. The number of nitrogens with two attached hydrogens (primary N) is 1. The smallest absolute Gasteiger partial charge is 0.254 e. The molecule has 1 aromatic carbocycles. The number of halogens is 2. The van der Waals surface area contributed by atoms with Gasteiger partial charge in [0.2, 0.25) is 0 Å². The van der Waals surface area contributed by atoms with Gasteiger partial charge in [-0.3, -0.25) is 4.79 Å². The van der Waals surface area contributed by atoms with Crippen LogP contribution < -0.4 is 11.1 Å². The van der Waals surface area contributed by atoms with Crippen LogP contribution in [-0.4, -0.2) is 17.4 Å². The molecule has 1 rings (SSSR count). The normalized spacial score (nSPS) is 10.0. The van der Waals surface area contributed by atoms with Crippen LogP contribution in [0.4, 0.5) is 8.78 Å². The quantitative estimate of drug-likeness (QED) is 0.625. The Balaban J connectivity index is 2.53. The van der Waals surface area contributed by atoms with Gasteiger partial charge in [0.25, 0.3) is 5.91 Å². The van der Waals surface area contributed by atoms with Gasteiger partial charge in [0.05, 0.1) is 10.6 Å². The molecule has 0 radical (unpaired) electrons. The molecule has 1 amide bonds. The number of carbonyl (C=O) groups excluding carboxylic acids is 1. The summed E-state index contributed by atoms with van der Waals surface area (Å²) in [5.41, 5.74) is 4.97. The summed E-state index contributed by atoms with van der Waals surface area (Å²) in [5, 5.41) is 2.46. The molecular formula is C11H12F2N2OS. The monoisotopic (exact) mass is 258 g/mol. The molecule has 0 bridgehead atoms. The summed E-state index contributed by atoms with van der Waals surface area (Å²) in [5.74, 6) is -2.83. The molecular weight excluding hydrogens is 246 g/mol. The van der Waals surface area contributed by atoms with Gasteiger partial charge in [-0.25, -0.2) is 8.78 Å². The van der Waals surface area contributed by atoms with E-state index in [2.05, 4.69) is 17.5 Å². The van der Waals surface area contributed by atoms with E-state index in [0.29, 0.717) is 24.4 Å². The fourth-order valence-electron chi connectivity index (χ4n) is 1.24. The molecule has 92 valence electrons. The van der Waals surface area contributed by atoms with Crippen LogP contribution in [0.25, 0.3) is 0 Å². The molecule has 1 aromatic rings. The van der Waals surface area contributed by atoms with Crippen LogP contribution in [0.2, 0.25) is 0 Å². The van der Waals surface area contributed by atoms with Crippen LogP contribution >= 0.6 is 12.2 Å². The van der Waals surface area contributed by atoms with Crippen molar-refractivity contribution in [3.63, 3.8) is 0 Å². The number of nitrogens with one attached hydrogen (secondary N) is 1. The Hall–Kier alpha value is -1.56. The van der Waals surface area contributed by atoms with Gasteiger partial charge in [0.1, 0.15) is 0 Å². The van der Waals surface area contributed by atoms with E-state index in [-0.39, 0.29) is 5.56 Å². The van der Waals surface area contributed by atoms with E-state index in [1.165, 1.54) is 12.1 Å². The van der Waals surface area contributed by atoms with Crippen LogP contribution in [0.1, 0.15) is 23.2 Å². The molecule has 0 saturated carbocycles. The molecule has 0 aliphatic carbocycles. The first kappa shape index (κ1) is 13.5. The molecule has 0 atom stereocenters. The minimum atomic E-state index is -1.14. The predicted octanol–water partition coefficient (Wildman–Crippen LogP) is 1.76. The maximum absolute atomic E-state index is 13.2. The third-order valence-electron chi connectivity index (χ3n) is 2.08. The molecule has 0 aliphatic rings. The van der Waals surface area contributed by atoms with Crippen LogP contribution in [0.3, 0.4) is 0 Å². The van der Waals surface area contributed by atoms with Crippen molar-refractivity contribution in [2.45, 2.75) is 12.8 Å². The average molecular weight is 258 g/mol. The van der Waals surface area contributed by atoms with E-state index in [1.807, 2.05) is 0 Å². The van der Waals surface area contributed by atoms with Crippen molar-refractivity contribution in [2.75, 3.05) is 6.54 Å². The standard InChI is InChI=1S/C11H12F2N2OS/c12-8-4-1-3-7(10(8)13)11(16)15-6-2-5-9(14)17/h1,3-4H,2,5-6H2,(H2,14,17)(H,15,16). The Labute approximate surface area is 103 Å². The van der Waals surface area contributed by atoms with Crippen molar-refractivity contribution < 1.29 is 13.6 Å². The average Bonchev–Trinajstić information content (AvgIpc) is 2.27. The summed E-state index contributed by atoms with van der Waals surface area (Å²) in [7, 11) is 0. The number of thiocarbonyl (C=S) groups is 1. The van der Waals surface area contributed by atoms with Crippen molar-refractivity contribution >= 4 is 23.1 Å². The summed E-state index contributed by atoms with van der Waals surface area (Å²) in [4.78, 5) is 11.8. The number of carbonyl (C=O) groups is 1. The minimum absolute atomic E-state index is 0.305. The van der Waals surface area contributed by atoms with Crippen molar-refractivity contribution in [3.05, 3.63) is 35.4 Å². The van der Waals surface area contributed by atoms with Gasteiger partial charge >= 0.3 is 0 Å². The highest BCUT2D eigenvalue weighted by molar-refractivity contribution is 7.80. The van der Waals surface area contributed by atoms with Crippen molar-refractivity contribution in [1.29, 1.82) is 0 Å². The van der Waals surface area contributed by atoms with Gasteiger partial charge in [-0.15, -0.1) is 0 Å². The van der Waals surface area contributed by atoms with Gasteiger partial charge in [-0.05, 0) is 25.0 Å². The van der Waals surface area contributed by atoms with Crippen LogP contribution in [0.15, 0.2) is 18.2 Å². The first-order valence-corrected chi connectivity index (χ1v) is 5.43. The Morgan fingerprint density at radius 2 is 2.12 bits per heavy atom. The summed E-state index contributed by atoms with van der Waals surface area (Å²) in [6.45, 7) is 0.312. The highest BCUT2D eigenvalue weighted by Gasteiger charge is 2.14. The summed E-state index contributed by atoms with van der Waals surface area (Å²) in [6.07, 6.45) is 1.07. The lowest BCUT2D eigenvalue weighted by Crippen LogP contribution is -2.26. The van der Waals surface area contributed by atoms with Crippen LogP contribution in [0, 0.1) is 11.6 Å². The first-order chi connectivity index (χ1) is 8.02. The zero-order chi connectivity index (χ0) is 12.8. The number of amides is 1. The second kappa shape index (κ2) is 6.24. The maximum atomic E-state index is 13.2. The Morgan fingerprint density at radius 1 is 1.41 bits per heavy atom. The Morgan fingerprint density at radius 3 is 2.76 bits per heavy atom. The molecule has 0 aliphatic heterocycles. The maximum Gasteiger partial charge on any atom is 0.254 e. The molecule has 3 nitrogen and oxygen atoms in total. The minimum Gasteiger partial charge on any atom is -0.393 e.